The van der Waals surface area contributed by atoms with Crippen molar-refractivity contribution in [2.45, 2.75) is 77.0 Å². The highest BCUT2D eigenvalue weighted by molar-refractivity contribution is 6.20. The summed E-state index contributed by atoms with van der Waals surface area (Å²) in [5.41, 5.74) is 40.8. The number of anilines is 3. The van der Waals surface area contributed by atoms with E-state index in [1.54, 1.807) is 0 Å². The van der Waals surface area contributed by atoms with E-state index >= 15 is 0 Å². The highest BCUT2D eigenvalue weighted by Crippen LogP contribution is 2.59. The molecule has 0 bridgehead atoms. The van der Waals surface area contributed by atoms with Gasteiger partial charge in [0.25, 0.3) is 0 Å². The van der Waals surface area contributed by atoms with Gasteiger partial charge in [0.2, 0.25) is 0 Å². The summed E-state index contributed by atoms with van der Waals surface area (Å²) in [4.78, 5) is 12.9. The van der Waals surface area contributed by atoms with Crippen molar-refractivity contribution >= 4 is 82.5 Å². The molecule has 9 heteroatoms. The van der Waals surface area contributed by atoms with Crippen molar-refractivity contribution in [1.29, 1.82) is 0 Å². The van der Waals surface area contributed by atoms with Crippen molar-refractivity contribution in [2.24, 2.45) is 0 Å². The molecule has 1 aliphatic carbocycles. The topological polar surface area (TPSA) is 58.6 Å². The minimum absolute atomic E-state index is 0.107. The highest BCUT2D eigenvalue weighted by atomic mass is 15.2. The third-order valence-electron chi connectivity index (χ3n) is 29.0. The number of benzene rings is 16. The monoisotopic (exact) mass is 1710 g/mol. The van der Waals surface area contributed by atoms with Crippen LogP contribution < -0.4 is 4.90 Å². The molecule has 0 unspecified atom stereocenters. The van der Waals surface area contributed by atoms with Crippen LogP contribution in [0.1, 0.15) is 100 Å². The fraction of sp³-hybridized carbons (Fsp3) is 0.0968. The molecule has 4 aliphatic rings. The van der Waals surface area contributed by atoms with Gasteiger partial charge in [-0.25, -0.2) is 9.97 Å². The predicted octanol–water partition coefficient (Wildman–Crippen LogP) is 31.5. The minimum Gasteiger partial charge on any atom is -0.317 e. The number of para-hydroxylation sites is 8. The van der Waals surface area contributed by atoms with Crippen LogP contribution in [0.15, 0.2) is 431 Å². The number of hydrogen-bond acceptors (Lipinski definition) is 3. The molecular formula is C124H95N9. The third kappa shape index (κ3) is 11.9. The summed E-state index contributed by atoms with van der Waals surface area (Å²) >= 11 is 0. The van der Waals surface area contributed by atoms with Crippen molar-refractivity contribution in [3.8, 4) is 102 Å². The minimum atomic E-state index is -0.244. The van der Waals surface area contributed by atoms with Crippen molar-refractivity contribution in [3.05, 3.63) is 476 Å². The van der Waals surface area contributed by atoms with Crippen molar-refractivity contribution in [1.82, 2.24) is 37.4 Å². The van der Waals surface area contributed by atoms with Crippen molar-refractivity contribution in [3.63, 3.8) is 0 Å². The van der Waals surface area contributed by atoms with Crippen LogP contribution in [-0.2, 0) is 21.7 Å². The van der Waals surface area contributed by atoms with E-state index in [0.717, 1.165) is 51.0 Å². The Morgan fingerprint density at radius 3 is 1.17 bits per heavy atom. The molecule has 0 fully saturated rings. The number of aromatic nitrogens is 8. The number of nitrogens with zero attached hydrogens (tertiary/aromatic N) is 9. The lowest BCUT2D eigenvalue weighted by Gasteiger charge is -2.28. The van der Waals surface area contributed by atoms with Crippen molar-refractivity contribution in [2.75, 3.05) is 4.90 Å². The van der Waals surface area contributed by atoms with E-state index in [9.17, 15) is 0 Å². The molecule has 0 saturated carbocycles. The molecule has 23 aromatic rings. The summed E-state index contributed by atoms with van der Waals surface area (Å²) in [5, 5.41) is 7.56. The molecule has 133 heavy (non-hydrogen) atoms. The zero-order chi connectivity index (χ0) is 89.3. The SMILES string of the molecule is CC1(C)c2ccccc2-c2ccc(N(c3ccc(-c4ccccc4)cc3)c3ccc4c(c3)c3cn5c(c3n4-c3ccccc3)C(C)(C)c3ccccc3-5)cc21.CC1(C)c2ccccc2-n2c(-c3cc(-c4ccccc4)nc(-c4ccccc4)n3)c3c4ccccc4n(-c4ccccc4)c3c21.CC1(C)c2ccccc2-n2c(-c3ccccc3)c3c4ccccc4n(-c4ccccc4)c3c21. The third-order valence-corrected chi connectivity index (χ3v) is 29.0. The molecule has 7 aromatic heterocycles. The Morgan fingerprint density at radius 1 is 0.233 bits per heavy atom. The van der Waals surface area contributed by atoms with E-state index in [0.29, 0.717) is 5.82 Å². The first-order chi connectivity index (χ1) is 65.1. The van der Waals surface area contributed by atoms with Crippen LogP contribution >= 0.6 is 0 Å². The second kappa shape index (κ2) is 30.1. The lowest BCUT2D eigenvalue weighted by atomic mass is 9.82. The van der Waals surface area contributed by atoms with Gasteiger partial charge in [-0.15, -0.1) is 0 Å². The Bertz CT molecular complexity index is 8520. The lowest BCUT2D eigenvalue weighted by Crippen LogP contribution is -2.16. The van der Waals surface area contributed by atoms with Crippen LogP contribution in [0.5, 0.6) is 0 Å². The Hall–Kier alpha value is -16.4. The Balaban J connectivity index is 0.000000110. The first-order valence-corrected chi connectivity index (χ1v) is 46.4. The zero-order valence-corrected chi connectivity index (χ0v) is 75.5. The smallest absolute Gasteiger partial charge is 0.160 e. The number of hydrogen-bond donors (Lipinski definition) is 0. The molecule has 0 amide bonds. The van der Waals surface area contributed by atoms with Gasteiger partial charge in [-0.05, 0) is 171 Å². The molecule has 0 atom stereocenters. The van der Waals surface area contributed by atoms with Gasteiger partial charge in [0, 0.05) is 111 Å². The van der Waals surface area contributed by atoms with Crippen LogP contribution in [0, 0.1) is 0 Å². The molecule has 0 radical (unpaired) electrons. The second-order valence-electron chi connectivity index (χ2n) is 38.0. The van der Waals surface area contributed by atoms with Gasteiger partial charge in [-0.1, -0.05) is 365 Å². The first-order valence-electron chi connectivity index (χ1n) is 46.4. The summed E-state index contributed by atoms with van der Waals surface area (Å²) in [7, 11) is 0. The molecule has 0 spiro atoms. The number of rotatable bonds is 11. The summed E-state index contributed by atoms with van der Waals surface area (Å²) < 4.78 is 14.9. The lowest BCUT2D eigenvalue weighted by molar-refractivity contribution is 0.646. The Labute approximate surface area is 774 Å². The van der Waals surface area contributed by atoms with Crippen LogP contribution in [-0.4, -0.2) is 37.4 Å². The fourth-order valence-electron chi connectivity index (χ4n) is 23.0. The van der Waals surface area contributed by atoms with E-state index < -0.39 is 0 Å². The molecule has 0 saturated heterocycles. The molecule has 27 rings (SSSR count). The molecule has 636 valence electrons. The standard InChI is InChI=1S/C52H41N3.C41H30N4.C31H24N2/c1-51(2)44-20-12-11-19-40(44)41-29-27-39(32-46(41)51)54(37-25-23-35(24-26-37)34-15-7-5-8-16-34)38-28-30-47-42(31-38)43-33-53-48-22-14-13-21-45(48)52(3,4)50(53)49(43)55(47)36-17-9-6-10-18-36;1-41(2)31-23-13-15-25-35(31)45-37(33-26-32(27-16-6-3-7-17-27)42-40(43-33)28-18-8-4-9-19-28)36-30-22-12-14-24-34(30)44(38(36)39(41)45)29-20-10-5-11-21-29;1-31(2)24-18-10-12-20-26(24)33-28(21-13-5-3-6-14-21)27-23-17-9-11-19-25(23)32(29(27)30(31)33)22-15-7-4-8-16-22/h5-33H,1-4H3;3-26H,1-2H3;3-20H,1-2H3. The van der Waals surface area contributed by atoms with Crippen LogP contribution in [0.25, 0.3) is 167 Å². The van der Waals surface area contributed by atoms with E-state index in [1.807, 2.05) is 24.3 Å². The van der Waals surface area contributed by atoms with Gasteiger partial charge in [0.05, 0.1) is 84.3 Å². The van der Waals surface area contributed by atoms with E-state index in [1.165, 1.54) is 172 Å². The molecule has 16 aromatic carbocycles. The maximum Gasteiger partial charge on any atom is 0.160 e. The fourth-order valence-corrected chi connectivity index (χ4v) is 23.0. The van der Waals surface area contributed by atoms with Crippen LogP contribution in [0.2, 0.25) is 0 Å². The van der Waals surface area contributed by atoms with E-state index in [-0.39, 0.29) is 21.7 Å². The predicted molar refractivity (Wildman–Crippen MR) is 552 cm³/mol. The highest BCUT2D eigenvalue weighted by Gasteiger charge is 2.46. The summed E-state index contributed by atoms with van der Waals surface area (Å²) in [6.45, 7) is 18.9. The molecule has 9 nitrogen and oxygen atoms in total. The summed E-state index contributed by atoms with van der Waals surface area (Å²) in [6.07, 6.45) is 2.39. The Kier molecular flexibility index (Phi) is 17.9. The van der Waals surface area contributed by atoms with E-state index in [4.69, 9.17) is 9.97 Å². The van der Waals surface area contributed by atoms with Gasteiger partial charge < -0.3 is 32.3 Å². The maximum absolute atomic E-state index is 5.37. The molecule has 0 N–H and O–H groups in total. The van der Waals surface area contributed by atoms with Gasteiger partial charge in [0.1, 0.15) is 0 Å². The molecule has 10 heterocycles. The van der Waals surface area contributed by atoms with Gasteiger partial charge in [-0.3, -0.25) is 0 Å². The van der Waals surface area contributed by atoms with Gasteiger partial charge in [0.15, 0.2) is 5.82 Å². The quantitative estimate of drug-likeness (QED) is 0.130. The molecule has 3 aliphatic heterocycles. The Morgan fingerprint density at radius 2 is 0.617 bits per heavy atom. The average molecular weight is 1710 g/mol. The van der Waals surface area contributed by atoms with Gasteiger partial charge in [-0.2, -0.15) is 0 Å². The normalized spacial score (nSPS) is 14.0. The maximum atomic E-state index is 5.37. The van der Waals surface area contributed by atoms with Crippen molar-refractivity contribution < 1.29 is 0 Å². The average Bonchev–Trinajstić information content (AvgIpc) is 1.51. The zero-order valence-electron chi connectivity index (χ0n) is 75.5. The first kappa shape index (κ1) is 78.9. The summed E-state index contributed by atoms with van der Waals surface area (Å²) in [6, 6.07) is 153. The van der Waals surface area contributed by atoms with Crippen LogP contribution in [0.3, 0.4) is 0 Å². The largest absolute Gasteiger partial charge is 0.317 e. The van der Waals surface area contributed by atoms with E-state index in [2.05, 4.69) is 494 Å². The second-order valence-corrected chi connectivity index (χ2v) is 38.0. The molecular weight excluding hydrogens is 1620 g/mol. The summed E-state index contributed by atoms with van der Waals surface area (Å²) in [5.74, 6) is 0.716. The van der Waals surface area contributed by atoms with Crippen LogP contribution in [0.4, 0.5) is 17.1 Å². The van der Waals surface area contributed by atoms with Gasteiger partial charge >= 0.3 is 0 Å². The number of fused-ring (bicyclic) bond motifs is 24.